The molecule has 1 heterocycles. The van der Waals surface area contributed by atoms with E-state index in [1.165, 1.54) is 0 Å². The van der Waals surface area contributed by atoms with Gasteiger partial charge >= 0.3 is 0 Å². The molecule has 0 fully saturated rings. The zero-order valence-corrected chi connectivity index (χ0v) is 14.6. The first-order valence-corrected chi connectivity index (χ1v) is 8.14. The lowest BCUT2D eigenvalue weighted by Crippen LogP contribution is -1.93. The quantitative estimate of drug-likeness (QED) is 0.485. The fourth-order valence-corrected chi connectivity index (χ4v) is 2.37. The predicted molar refractivity (Wildman–Crippen MR) is 96.6 cm³/mol. The van der Waals surface area contributed by atoms with Crippen molar-refractivity contribution in [3.63, 3.8) is 0 Å². The van der Waals surface area contributed by atoms with E-state index in [1.54, 1.807) is 12.4 Å². The maximum Gasteiger partial charge on any atom is 0.0646 e. The molecule has 0 unspecified atom stereocenters. The third-order valence-electron chi connectivity index (χ3n) is 2.95. The summed E-state index contributed by atoms with van der Waals surface area (Å²) in [7, 11) is 0. The molecular formula is C16H12Br2N4. The Morgan fingerprint density at radius 2 is 1.59 bits per heavy atom. The number of halogens is 2. The van der Waals surface area contributed by atoms with Crippen LogP contribution in [-0.4, -0.2) is 16.0 Å². The molecule has 4 nitrogen and oxygen atoms in total. The van der Waals surface area contributed by atoms with Crippen LogP contribution in [0.2, 0.25) is 0 Å². The maximum atomic E-state index is 4.33. The molecule has 110 valence electrons. The Labute approximate surface area is 145 Å². The lowest BCUT2D eigenvalue weighted by atomic mass is 10.3. The Kier molecular flexibility index (Phi) is 4.70. The van der Waals surface area contributed by atoms with Crippen LogP contribution < -0.4 is 5.43 Å². The molecule has 0 saturated carbocycles. The molecule has 3 rings (SSSR count). The molecule has 0 aliphatic carbocycles. The van der Waals surface area contributed by atoms with Gasteiger partial charge in [0.15, 0.2) is 0 Å². The highest BCUT2D eigenvalue weighted by molar-refractivity contribution is 9.10. The minimum Gasteiger partial charge on any atom is -0.279 e. The molecule has 0 saturated heterocycles. The standard InChI is InChI=1S/C16H12Br2N4/c17-13-1-5-15(6-2-13)21-19-9-12-10-20-22(11-12)16-7-3-14(18)4-8-16/h1-11,21H/b19-9+. The van der Waals surface area contributed by atoms with E-state index in [0.717, 1.165) is 25.9 Å². The van der Waals surface area contributed by atoms with E-state index in [0.29, 0.717) is 0 Å². The van der Waals surface area contributed by atoms with Crippen LogP contribution in [0.15, 0.2) is 75.0 Å². The van der Waals surface area contributed by atoms with E-state index in [4.69, 9.17) is 0 Å². The summed E-state index contributed by atoms with van der Waals surface area (Å²) < 4.78 is 3.90. The van der Waals surface area contributed by atoms with Crippen molar-refractivity contribution in [2.24, 2.45) is 5.10 Å². The van der Waals surface area contributed by atoms with E-state index < -0.39 is 0 Å². The van der Waals surface area contributed by atoms with Gasteiger partial charge in [-0.15, -0.1) is 0 Å². The largest absolute Gasteiger partial charge is 0.279 e. The Bertz CT molecular complexity index is 777. The second kappa shape index (κ2) is 6.89. The molecule has 0 atom stereocenters. The SMILES string of the molecule is Brc1ccc(N/N=C/c2cnn(-c3ccc(Br)cc3)c2)cc1. The van der Waals surface area contributed by atoms with Crippen molar-refractivity contribution in [2.45, 2.75) is 0 Å². The highest BCUT2D eigenvalue weighted by Gasteiger charge is 1.99. The summed E-state index contributed by atoms with van der Waals surface area (Å²) in [4.78, 5) is 0. The molecule has 0 bridgehead atoms. The Balaban J connectivity index is 1.67. The van der Waals surface area contributed by atoms with Crippen molar-refractivity contribution in [2.75, 3.05) is 5.43 Å². The average Bonchev–Trinajstić information content (AvgIpc) is 2.99. The Hall–Kier alpha value is -1.92. The number of nitrogens with zero attached hydrogens (tertiary/aromatic N) is 3. The van der Waals surface area contributed by atoms with Crippen molar-refractivity contribution >= 4 is 43.8 Å². The van der Waals surface area contributed by atoms with Crippen molar-refractivity contribution < 1.29 is 0 Å². The highest BCUT2D eigenvalue weighted by atomic mass is 79.9. The van der Waals surface area contributed by atoms with Crippen molar-refractivity contribution in [3.05, 3.63) is 75.4 Å². The predicted octanol–water partition coefficient (Wildman–Crippen LogP) is 4.84. The summed E-state index contributed by atoms with van der Waals surface area (Å²) in [6, 6.07) is 15.8. The first kappa shape index (κ1) is 15.0. The van der Waals surface area contributed by atoms with Gasteiger partial charge in [0.05, 0.1) is 23.8 Å². The van der Waals surface area contributed by atoms with Crippen LogP contribution >= 0.6 is 31.9 Å². The summed E-state index contributed by atoms with van der Waals surface area (Å²) in [6.45, 7) is 0. The summed E-state index contributed by atoms with van der Waals surface area (Å²) in [6.07, 6.45) is 5.44. The third kappa shape index (κ3) is 3.84. The number of rotatable bonds is 4. The minimum absolute atomic E-state index is 0.924. The smallest absolute Gasteiger partial charge is 0.0646 e. The molecule has 0 aliphatic rings. The molecule has 0 spiro atoms. The minimum atomic E-state index is 0.924. The fraction of sp³-hybridized carbons (Fsp3) is 0. The monoisotopic (exact) mass is 418 g/mol. The molecule has 0 amide bonds. The molecular weight excluding hydrogens is 408 g/mol. The van der Waals surface area contributed by atoms with Crippen LogP contribution in [0, 0.1) is 0 Å². The normalized spacial score (nSPS) is 11.0. The zero-order chi connectivity index (χ0) is 15.4. The second-order valence-corrected chi connectivity index (χ2v) is 6.40. The van der Waals surface area contributed by atoms with E-state index in [1.807, 2.05) is 59.4 Å². The number of benzene rings is 2. The molecule has 0 radical (unpaired) electrons. The van der Waals surface area contributed by atoms with Gasteiger partial charge in [-0.1, -0.05) is 31.9 Å². The number of hydrogen-bond donors (Lipinski definition) is 1. The highest BCUT2D eigenvalue weighted by Crippen LogP contribution is 2.15. The molecule has 3 aromatic rings. The molecule has 1 aromatic heterocycles. The molecule has 1 N–H and O–H groups in total. The van der Waals surface area contributed by atoms with Crippen LogP contribution in [0.5, 0.6) is 0 Å². The van der Waals surface area contributed by atoms with E-state index in [9.17, 15) is 0 Å². The van der Waals surface area contributed by atoms with Gasteiger partial charge < -0.3 is 0 Å². The van der Waals surface area contributed by atoms with Crippen LogP contribution in [0.1, 0.15) is 5.56 Å². The van der Waals surface area contributed by atoms with Gasteiger partial charge in [0.2, 0.25) is 0 Å². The van der Waals surface area contributed by atoms with E-state index in [2.05, 4.69) is 47.5 Å². The maximum absolute atomic E-state index is 4.33. The summed E-state index contributed by atoms with van der Waals surface area (Å²) >= 11 is 6.82. The van der Waals surface area contributed by atoms with Crippen LogP contribution in [0.25, 0.3) is 5.69 Å². The summed E-state index contributed by atoms with van der Waals surface area (Å²) in [5.74, 6) is 0. The number of anilines is 1. The van der Waals surface area contributed by atoms with Crippen molar-refractivity contribution in [1.29, 1.82) is 0 Å². The number of hydrazone groups is 1. The van der Waals surface area contributed by atoms with Crippen LogP contribution in [0.3, 0.4) is 0 Å². The first-order valence-electron chi connectivity index (χ1n) is 6.56. The van der Waals surface area contributed by atoms with Crippen LogP contribution in [0.4, 0.5) is 5.69 Å². The Morgan fingerprint density at radius 1 is 0.955 bits per heavy atom. The van der Waals surface area contributed by atoms with Gasteiger partial charge in [0, 0.05) is 20.7 Å². The number of aromatic nitrogens is 2. The lowest BCUT2D eigenvalue weighted by molar-refractivity contribution is 0.880. The van der Waals surface area contributed by atoms with Gasteiger partial charge in [-0.2, -0.15) is 10.2 Å². The Morgan fingerprint density at radius 3 is 2.27 bits per heavy atom. The molecule has 22 heavy (non-hydrogen) atoms. The average molecular weight is 420 g/mol. The summed E-state index contributed by atoms with van der Waals surface area (Å²) in [5.41, 5.74) is 5.84. The van der Waals surface area contributed by atoms with Gasteiger partial charge in [-0.3, -0.25) is 5.43 Å². The van der Waals surface area contributed by atoms with E-state index >= 15 is 0 Å². The van der Waals surface area contributed by atoms with Gasteiger partial charge in [-0.25, -0.2) is 4.68 Å². The number of nitrogens with one attached hydrogen (secondary N) is 1. The number of hydrogen-bond acceptors (Lipinski definition) is 3. The fourth-order valence-electron chi connectivity index (χ4n) is 1.84. The van der Waals surface area contributed by atoms with Crippen LogP contribution in [-0.2, 0) is 0 Å². The summed E-state index contributed by atoms with van der Waals surface area (Å²) in [5, 5.41) is 8.54. The van der Waals surface area contributed by atoms with E-state index in [-0.39, 0.29) is 0 Å². The lowest BCUT2D eigenvalue weighted by Gasteiger charge is -2.00. The molecule has 2 aromatic carbocycles. The second-order valence-electron chi connectivity index (χ2n) is 4.57. The molecule has 6 heteroatoms. The zero-order valence-electron chi connectivity index (χ0n) is 11.4. The first-order chi connectivity index (χ1) is 10.7. The van der Waals surface area contributed by atoms with Gasteiger partial charge in [-0.05, 0) is 48.5 Å². The third-order valence-corrected chi connectivity index (χ3v) is 4.00. The van der Waals surface area contributed by atoms with Gasteiger partial charge in [0.1, 0.15) is 0 Å². The van der Waals surface area contributed by atoms with Gasteiger partial charge in [0.25, 0.3) is 0 Å². The molecule has 0 aliphatic heterocycles. The topological polar surface area (TPSA) is 42.2 Å². The van der Waals surface area contributed by atoms with Crippen molar-refractivity contribution in [1.82, 2.24) is 9.78 Å². The van der Waals surface area contributed by atoms with Crippen molar-refractivity contribution in [3.8, 4) is 5.69 Å².